The molecule has 1 atom stereocenters. The molecule has 1 aromatic carbocycles. The van der Waals surface area contributed by atoms with E-state index >= 15 is 0 Å². The number of fused-ring (bicyclic) bond motifs is 1. The summed E-state index contributed by atoms with van der Waals surface area (Å²) in [6.45, 7) is 2.99. The molecule has 1 heterocycles. The van der Waals surface area contributed by atoms with Crippen LogP contribution in [0.3, 0.4) is 0 Å². The first-order valence-corrected chi connectivity index (χ1v) is 8.44. The zero-order valence-corrected chi connectivity index (χ0v) is 13.9. The highest BCUT2D eigenvalue weighted by Gasteiger charge is 2.29. The molecule has 0 saturated carbocycles. The van der Waals surface area contributed by atoms with Crippen LogP contribution in [0.2, 0.25) is 5.02 Å². The Morgan fingerprint density at radius 1 is 1.30 bits per heavy atom. The van der Waals surface area contributed by atoms with E-state index in [1.165, 1.54) is 0 Å². The van der Waals surface area contributed by atoms with Gasteiger partial charge in [-0.3, -0.25) is 4.79 Å². The lowest BCUT2D eigenvalue weighted by Crippen LogP contribution is -2.21. The van der Waals surface area contributed by atoms with Crippen molar-refractivity contribution in [2.75, 3.05) is 11.9 Å². The third-order valence-corrected chi connectivity index (χ3v) is 4.54. The molecule has 1 N–H and O–H groups in total. The maximum atomic E-state index is 12.4. The summed E-state index contributed by atoms with van der Waals surface area (Å²) < 4.78 is 0. The number of ketones is 1. The molecule has 0 spiro atoms. The molecule has 1 aromatic heterocycles. The Balaban J connectivity index is 1.84. The number of halogens is 1. The number of Topliss-reactive ketones (excluding diaryl/α,β-unsaturated/α-hetero) is 1. The Labute approximate surface area is 141 Å². The highest BCUT2D eigenvalue weighted by atomic mass is 35.5. The van der Waals surface area contributed by atoms with Gasteiger partial charge in [-0.1, -0.05) is 43.1 Å². The monoisotopic (exact) mass is 329 g/mol. The van der Waals surface area contributed by atoms with Crippen molar-refractivity contribution in [3.63, 3.8) is 0 Å². The number of hydrogen-bond donors (Lipinski definition) is 1. The number of nitrogens with zero attached hydrogens (tertiary/aromatic N) is 2. The van der Waals surface area contributed by atoms with Crippen LogP contribution in [-0.4, -0.2) is 22.3 Å². The van der Waals surface area contributed by atoms with Gasteiger partial charge in [0.2, 0.25) is 5.95 Å². The molecule has 2 aromatic rings. The van der Waals surface area contributed by atoms with E-state index in [4.69, 9.17) is 11.6 Å². The summed E-state index contributed by atoms with van der Waals surface area (Å²) >= 11 is 6.29. The third kappa shape index (κ3) is 3.53. The van der Waals surface area contributed by atoms with Crippen LogP contribution in [0, 0.1) is 0 Å². The molecule has 0 fully saturated rings. The highest BCUT2D eigenvalue weighted by molar-refractivity contribution is 6.31. The van der Waals surface area contributed by atoms with Crippen LogP contribution in [0.4, 0.5) is 5.95 Å². The Kier molecular flexibility index (Phi) is 4.91. The van der Waals surface area contributed by atoms with Crippen molar-refractivity contribution in [1.29, 1.82) is 0 Å². The molecule has 120 valence electrons. The van der Waals surface area contributed by atoms with E-state index in [1.54, 1.807) is 6.20 Å². The van der Waals surface area contributed by atoms with Crippen LogP contribution in [0.5, 0.6) is 0 Å². The highest BCUT2D eigenvalue weighted by Crippen LogP contribution is 2.35. The van der Waals surface area contributed by atoms with Gasteiger partial charge in [-0.25, -0.2) is 9.97 Å². The van der Waals surface area contributed by atoms with Crippen LogP contribution in [-0.2, 0) is 6.42 Å². The maximum absolute atomic E-state index is 12.4. The summed E-state index contributed by atoms with van der Waals surface area (Å²) in [5.74, 6) is 0.781. The Bertz CT molecular complexity index is 717. The lowest BCUT2D eigenvalue weighted by Gasteiger charge is -2.24. The van der Waals surface area contributed by atoms with Crippen molar-refractivity contribution < 1.29 is 4.79 Å². The Hall–Kier alpha value is -1.94. The fourth-order valence-corrected chi connectivity index (χ4v) is 3.22. The van der Waals surface area contributed by atoms with E-state index in [9.17, 15) is 4.79 Å². The van der Waals surface area contributed by atoms with Crippen molar-refractivity contribution in [3.8, 4) is 0 Å². The number of nitrogens with one attached hydrogen (secondary N) is 1. The summed E-state index contributed by atoms with van der Waals surface area (Å²) in [5, 5.41) is 3.93. The van der Waals surface area contributed by atoms with Gasteiger partial charge in [0, 0.05) is 24.2 Å². The summed E-state index contributed by atoms with van der Waals surface area (Å²) in [6, 6.07) is 7.72. The lowest BCUT2D eigenvalue weighted by molar-refractivity contribution is 0.0963. The average Bonchev–Trinajstić information content (AvgIpc) is 2.55. The van der Waals surface area contributed by atoms with Crippen molar-refractivity contribution in [2.24, 2.45) is 0 Å². The number of carbonyl (C=O) groups excluding carboxylic acids is 1. The number of hydrogen-bond acceptors (Lipinski definition) is 4. The van der Waals surface area contributed by atoms with Crippen LogP contribution in [0.25, 0.3) is 0 Å². The lowest BCUT2D eigenvalue weighted by atomic mass is 9.82. The summed E-state index contributed by atoms with van der Waals surface area (Å²) in [6.07, 6.45) is 5.02. The molecule has 1 aliphatic rings. The zero-order chi connectivity index (χ0) is 16.2. The minimum atomic E-state index is 0.0853. The van der Waals surface area contributed by atoms with E-state index in [2.05, 4.69) is 22.2 Å². The summed E-state index contributed by atoms with van der Waals surface area (Å²) in [5.41, 5.74) is 2.49. The van der Waals surface area contributed by atoms with Crippen molar-refractivity contribution in [3.05, 3.63) is 52.3 Å². The van der Waals surface area contributed by atoms with Gasteiger partial charge in [0.25, 0.3) is 0 Å². The second kappa shape index (κ2) is 7.09. The number of anilines is 1. The minimum absolute atomic E-state index is 0.0853. The standard InChI is InChI=1S/C18H20ClN3O/c1-2-3-8-20-18-21-11-14-16(22-18)9-12(10-17(14)23)13-6-4-5-7-15(13)19/h4-7,11-12H,2-3,8-10H2,1H3,(H,20,21,22). The first-order chi connectivity index (χ1) is 11.2. The van der Waals surface area contributed by atoms with E-state index in [0.29, 0.717) is 23.0 Å². The molecule has 3 rings (SSSR count). The number of aromatic nitrogens is 2. The molecule has 4 nitrogen and oxygen atoms in total. The number of benzene rings is 1. The molecule has 0 amide bonds. The largest absolute Gasteiger partial charge is 0.354 e. The van der Waals surface area contributed by atoms with Crippen LogP contribution < -0.4 is 5.32 Å². The molecular formula is C18H20ClN3O. The van der Waals surface area contributed by atoms with Gasteiger partial charge >= 0.3 is 0 Å². The van der Waals surface area contributed by atoms with Gasteiger partial charge in [-0.05, 0) is 30.4 Å². The third-order valence-electron chi connectivity index (χ3n) is 4.20. The Morgan fingerprint density at radius 2 is 2.13 bits per heavy atom. The number of carbonyl (C=O) groups is 1. The van der Waals surface area contributed by atoms with E-state index < -0.39 is 0 Å². The predicted molar refractivity (Wildman–Crippen MR) is 92.3 cm³/mol. The Morgan fingerprint density at radius 3 is 2.91 bits per heavy atom. The molecule has 0 saturated heterocycles. The van der Waals surface area contributed by atoms with E-state index in [1.807, 2.05) is 24.3 Å². The van der Waals surface area contributed by atoms with Gasteiger partial charge in [0.15, 0.2) is 5.78 Å². The van der Waals surface area contributed by atoms with E-state index in [-0.39, 0.29) is 11.7 Å². The van der Waals surface area contributed by atoms with Gasteiger partial charge < -0.3 is 5.32 Å². The smallest absolute Gasteiger partial charge is 0.222 e. The molecule has 0 aliphatic heterocycles. The molecule has 23 heavy (non-hydrogen) atoms. The van der Waals surface area contributed by atoms with Crippen LogP contribution in [0.1, 0.15) is 53.7 Å². The van der Waals surface area contributed by atoms with Gasteiger partial charge in [-0.15, -0.1) is 0 Å². The number of unbranched alkanes of at least 4 members (excludes halogenated alkanes) is 1. The zero-order valence-electron chi connectivity index (χ0n) is 13.2. The quantitative estimate of drug-likeness (QED) is 0.833. The molecule has 1 unspecified atom stereocenters. The molecule has 5 heteroatoms. The minimum Gasteiger partial charge on any atom is -0.354 e. The average molecular weight is 330 g/mol. The van der Waals surface area contributed by atoms with Gasteiger partial charge in [-0.2, -0.15) is 0 Å². The fourth-order valence-electron chi connectivity index (χ4n) is 2.93. The maximum Gasteiger partial charge on any atom is 0.222 e. The SMILES string of the molecule is CCCCNc1ncc2c(n1)CC(c1ccccc1Cl)CC2=O. The van der Waals surface area contributed by atoms with Crippen molar-refractivity contribution in [1.82, 2.24) is 9.97 Å². The summed E-state index contributed by atoms with van der Waals surface area (Å²) in [4.78, 5) is 21.2. The molecule has 0 bridgehead atoms. The van der Waals surface area contributed by atoms with Crippen molar-refractivity contribution >= 4 is 23.3 Å². The van der Waals surface area contributed by atoms with Crippen LogP contribution >= 0.6 is 11.6 Å². The van der Waals surface area contributed by atoms with Gasteiger partial charge in [0.1, 0.15) is 0 Å². The second-order valence-electron chi connectivity index (χ2n) is 5.88. The number of rotatable bonds is 5. The van der Waals surface area contributed by atoms with Crippen LogP contribution in [0.15, 0.2) is 30.5 Å². The molecule has 0 radical (unpaired) electrons. The topological polar surface area (TPSA) is 54.9 Å². The second-order valence-corrected chi connectivity index (χ2v) is 6.29. The first kappa shape index (κ1) is 15.9. The normalized spacial score (nSPS) is 17.0. The first-order valence-electron chi connectivity index (χ1n) is 8.06. The molecule has 1 aliphatic carbocycles. The van der Waals surface area contributed by atoms with Crippen molar-refractivity contribution in [2.45, 2.75) is 38.5 Å². The van der Waals surface area contributed by atoms with Gasteiger partial charge in [0.05, 0.1) is 11.3 Å². The fraction of sp³-hybridized carbons (Fsp3) is 0.389. The molecular weight excluding hydrogens is 310 g/mol. The summed E-state index contributed by atoms with van der Waals surface area (Å²) in [7, 11) is 0. The predicted octanol–water partition coefficient (Wildman–Crippen LogP) is 4.25. The van der Waals surface area contributed by atoms with E-state index in [0.717, 1.165) is 37.1 Å².